The molecular weight excluding hydrogens is 238 g/mol. The van der Waals surface area contributed by atoms with Crippen LogP contribution in [-0.4, -0.2) is 24.8 Å². The van der Waals surface area contributed by atoms with Gasteiger partial charge in [-0.1, -0.05) is 12.1 Å². The number of carbonyl (C=O) groups excluding carboxylic acids is 1. The molecule has 18 heavy (non-hydrogen) atoms. The quantitative estimate of drug-likeness (QED) is 0.375. The zero-order valence-corrected chi connectivity index (χ0v) is 10.0. The number of carbonyl (C=O) groups is 1. The maximum absolute atomic E-state index is 11.4. The van der Waals surface area contributed by atoms with E-state index in [-0.39, 0.29) is 12.2 Å². The molecule has 0 aliphatic heterocycles. The molecule has 0 saturated heterocycles. The minimum atomic E-state index is -0.965. The molecule has 1 N–H and O–H groups in total. The van der Waals surface area contributed by atoms with E-state index in [0.717, 1.165) is 0 Å². The monoisotopic (exact) mass is 251 g/mol. The number of esters is 1. The van der Waals surface area contributed by atoms with Crippen molar-refractivity contribution in [3.05, 3.63) is 40.4 Å². The second-order valence-electron chi connectivity index (χ2n) is 3.24. The lowest BCUT2D eigenvalue weighted by molar-refractivity contribution is -0.138. The van der Waals surface area contributed by atoms with Crippen LogP contribution in [0.2, 0.25) is 0 Å². The fourth-order valence-corrected chi connectivity index (χ4v) is 1.28. The van der Waals surface area contributed by atoms with Crippen LogP contribution in [0.1, 0.15) is 12.5 Å². The molecule has 0 atom stereocenters. The largest absolute Gasteiger partial charge is 0.505 e. The number of hydrogen-bond acceptors (Lipinski definition) is 6. The van der Waals surface area contributed by atoms with Crippen LogP contribution in [-0.2, 0) is 9.53 Å². The molecule has 0 aliphatic rings. The van der Waals surface area contributed by atoms with E-state index in [1.807, 2.05) is 0 Å². The molecule has 96 valence electrons. The average molecular weight is 251 g/mol. The SMILES string of the molecule is CCOC(=O)C(N=O)=C(O)c1cccc(OC)c1. The molecule has 1 aromatic carbocycles. The van der Waals surface area contributed by atoms with Gasteiger partial charge >= 0.3 is 5.97 Å². The summed E-state index contributed by atoms with van der Waals surface area (Å²) in [6.07, 6.45) is 0. The Morgan fingerprint density at radius 3 is 2.72 bits per heavy atom. The van der Waals surface area contributed by atoms with E-state index >= 15 is 0 Å². The number of hydrogen-bond donors (Lipinski definition) is 1. The molecule has 0 bridgehead atoms. The van der Waals surface area contributed by atoms with E-state index < -0.39 is 17.4 Å². The Morgan fingerprint density at radius 2 is 2.17 bits per heavy atom. The first-order valence-corrected chi connectivity index (χ1v) is 5.22. The predicted octanol–water partition coefficient (Wildman–Crippen LogP) is 2.25. The molecule has 0 amide bonds. The molecule has 0 aliphatic carbocycles. The highest BCUT2D eigenvalue weighted by Crippen LogP contribution is 2.22. The topological polar surface area (TPSA) is 85.2 Å². The Morgan fingerprint density at radius 1 is 1.44 bits per heavy atom. The Balaban J connectivity index is 3.17. The maximum Gasteiger partial charge on any atom is 0.364 e. The molecular formula is C12H13NO5. The lowest BCUT2D eigenvalue weighted by Gasteiger charge is -2.05. The third kappa shape index (κ3) is 3.07. The van der Waals surface area contributed by atoms with Crippen LogP contribution in [0.3, 0.4) is 0 Å². The van der Waals surface area contributed by atoms with Crippen LogP contribution >= 0.6 is 0 Å². The summed E-state index contributed by atoms with van der Waals surface area (Å²) in [5.41, 5.74) is -0.415. The molecule has 0 saturated carbocycles. The summed E-state index contributed by atoms with van der Waals surface area (Å²) in [7, 11) is 1.46. The Bertz CT molecular complexity index is 481. The highest BCUT2D eigenvalue weighted by Gasteiger charge is 2.19. The maximum atomic E-state index is 11.4. The molecule has 6 heteroatoms. The van der Waals surface area contributed by atoms with Crippen molar-refractivity contribution in [1.29, 1.82) is 0 Å². The van der Waals surface area contributed by atoms with Crippen molar-refractivity contribution >= 4 is 11.7 Å². The van der Waals surface area contributed by atoms with Gasteiger partial charge in [-0.05, 0) is 24.2 Å². The Kier molecular flexibility index (Phi) is 4.86. The fraction of sp³-hybridized carbons (Fsp3) is 0.250. The number of ether oxygens (including phenoxy) is 2. The van der Waals surface area contributed by atoms with Crippen LogP contribution in [0, 0.1) is 4.91 Å². The first-order chi connectivity index (χ1) is 8.63. The van der Waals surface area contributed by atoms with Gasteiger partial charge in [-0.15, -0.1) is 4.91 Å². The molecule has 0 spiro atoms. The van der Waals surface area contributed by atoms with Crippen molar-refractivity contribution in [3.63, 3.8) is 0 Å². The van der Waals surface area contributed by atoms with Gasteiger partial charge in [0.1, 0.15) is 5.75 Å². The van der Waals surface area contributed by atoms with Gasteiger partial charge in [0.05, 0.1) is 13.7 Å². The van der Waals surface area contributed by atoms with Crippen LogP contribution in [0.15, 0.2) is 35.1 Å². The lowest BCUT2D eigenvalue weighted by Crippen LogP contribution is -2.08. The molecule has 6 nitrogen and oxygen atoms in total. The number of nitrogens with zero attached hydrogens (tertiary/aromatic N) is 1. The van der Waals surface area contributed by atoms with Crippen molar-refractivity contribution in [3.8, 4) is 5.75 Å². The van der Waals surface area contributed by atoms with E-state index in [4.69, 9.17) is 4.74 Å². The Labute approximate surface area is 104 Å². The third-order valence-electron chi connectivity index (χ3n) is 2.13. The number of benzene rings is 1. The molecule has 0 aromatic heterocycles. The standard InChI is InChI=1S/C12H13NO5/c1-3-18-12(15)10(13-16)11(14)8-5-4-6-9(7-8)17-2/h4-7,14H,3H2,1-2H3. The predicted molar refractivity (Wildman–Crippen MR) is 65.0 cm³/mol. The van der Waals surface area contributed by atoms with E-state index in [1.165, 1.54) is 19.2 Å². The van der Waals surface area contributed by atoms with Crippen LogP contribution < -0.4 is 4.74 Å². The molecule has 1 rings (SSSR count). The summed E-state index contributed by atoms with van der Waals surface area (Å²) < 4.78 is 9.58. The van der Waals surface area contributed by atoms with Gasteiger partial charge < -0.3 is 14.6 Å². The molecule has 0 radical (unpaired) electrons. The minimum Gasteiger partial charge on any atom is -0.505 e. The van der Waals surface area contributed by atoms with Gasteiger partial charge in [0.25, 0.3) is 0 Å². The van der Waals surface area contributed by atoms with E-state index in [0.29, 0.717) is 5.75 Å². The highest BCUT2D eigenvalue weighted by atomic mass is 16.5. The second-order valence-corrected chi connectivity index (χ2v) is 3.24. The number of aliphatic hydroxyl groups excluding tert-OH is 1. The van der Waals surface area contributed by atoms with Gasteiger partial charge in [-0.2, -0.15) is 0 Å². The van der Waals surface area contributed by atoms with E-state index in [9.17, 15) is 14.8 Å². The van der Waals surface area contributed by atoms with Crippen LogP contribution in [0.4, 0.5) is 0 Å². The summed E-state index contributed by atoms with van der Waals surface area (Å²) in [6.45, 7) is 1.67. The molecule has 0 heterocycles. The second kappa shape index (κ2) is 6.39. The van der Waals surface area contributed by atoms with Gasteiger partial charge in [0.15, 0.2) is 5.76 Å². The zero-order chi connectivity index (χ0) is 13.5. The van der Waals surface area contributed by atoms with E-state index in [1.54, 1.807) is 19.1 Å². The summed E-state index contributed by atoms with van der Waals surface area (Å²) in [5.74, 6) is -1.02. The summed E-state index contributed by atoms with van der Waals surface area (Å²) >= 11 is 0. The van der Waals surface area contributed by atoms with E-state index in [2.05, 4.69) is 9.91 Å². The van der Waals surface area contributed by atoms with Crippen LogP contribution in [0.25, 0.3) is 5.76 Å². The normalized spacial score (nSPS) is 11.4. The van der Waals surface area contributed by atoms with Gasteiger partial charge in [-0.25, -0.2) is 4.79 Å². The fourth-order valence-electron chi connectivity index (χ4n) is 1.28. The van der Waals surface area contributed by atoms with Gasteiger partial charge in [0.2, 0.25) is 5.70 Å². The minimum absolute atomic E-state index is 0.0866. The highest BCUT2D eigenvalue weighted by molar-refractivity contribution is 5.95. The van der Waals surface area contributed by atoms with Crippen molar-refractivity contribution < 1.29 is 19.4 Å². The summed E-state index contributed by atoms with van der Waals surface area (Å²) in [6, 6.07) is 6.26. The summed E-state index contributed by atoms with van der Waals surface area (Å²) in [4.78, 5) is 22.0. The number of methoxy groups -OCH3 is 1. The van der Waals surface area contributed by atoms with Crippen molar-refractivity contribution in [1.82, 2.24) is 0 Å². The van der Waals surface area contributed by atoms with Crippen molar-refractivity contribution in [2.75, 3.05) is 13.7 Å². The molecule has 0 unspecified atom stereocenters. The molecule has 0 fully saturated rings. The lowest BCUT2D eigenvalue weighted by atomic mass is 10.1. The number of aliphatic hydroxyl groups is 1. The average Bonchev–Trinajstić information content (AvgIpc) is 2.40. The smallest absolute Gasteiger partial charge is 0.364 e. The molecule has 1 aromatic rings. The first kappa shape index (κ1) is 13.7. The Hall–Kier alpha value is -2.37. The van der Waals surface area contributed by atoms with Crippen LogP contribution in [0.5, 0.6) is 5.75 Å². The number of nitroso groups, excluding NO2 is 1. The summed E-state index contributed by atoms with van der Waals surface area (Å²) in [5, 5.41) is 12.3. The van der Waals surface area contributed by atoms with Gasteiger partial charge in [-0.3, -0.25) is 0 Å². The number of rotatable bonds is 5. The first-order valence-electron chi connectivity index (χ1n) is 5.22. The van der Waals surface area contributed by atoms with Crippen molar-refractivity contribution in [2.45, 2.75) is 6.92 Å². The zero-order valence-electron chi connectivity index (χ0n) is 10.0. The third-order valence-corrected chi connectivity index (χ3v) is 2.13. The van der Waals surface area contributed by atoms with Gasteiger partial charge in [0, 0.05) is 5.56 Å². The van der Waals surface area contributed by atoms with Crippen molar-refractivity contribution in [2.24, 2.45) is 5.18 Å².